The van der Waals surface area contributed by atoms with Crippen molar-refractivity contribution in [3.8, 4) is 23.0 Å². The summed E-state index contributed by atoms with van der Waals surface area (Å²) in [7, 11) is 0. The van der Waals surface area contributed by atoms with Gasteiger partial charge in [0, 0.05) is 30.4 Å². The topological polar surface area (TPSA) is 86.8 Å². The zero-order valence-electron chi connectivity index (χ0n) is 14.3. The molecule has 0 unspecified atom stereocenters. The van der Waals surface area contributed by atoms with Crippen LogP contribution >= 0.6 is 0 Å². The molecule has 7 heteroatoms. The summed E-state index contributed by atoms with van der Waals surface area (Å²) in [6, 6.07) is 11.1. The number of aromatic nitrogens is 5. The third-order valence-electron chi connectivity index (χ3n) is 3.85. The molecule has 0 aliphatic heterocycles. The van der Waals surface area contributed by atoms with E-state index in [2.05, 4.69) is 32.0 Å². The molecule has 4 rings (SSSR count). The summed E-state index contributed by atoms with van der Waals surface area (Å²) in [5.74, 6) is 2.39. The lowest BCUT2D eigenvalue weighted by Crippen LogP contribution is -1.91. The molecule has 7 nitrogen and oxygen atoms in total. The number of benzene rings is 1. The second kappa shape index (κ2) is 7.26. The monoisotopic (exact) mass is 347 g/mol. The van der Waals surface area contributed by atoms with Crippen molar-refractivity contribution < 1.29 is 9.26 Å². The maximum Gasteiger partial charge on any atom is 0.226 e. The Bertz CT molecular complexity index is 1010. The average molecular weight is 347 g/mol. The second-order valence-corrected chi connectivity index (χ2v) is 5.79. The number of nitrogens with zero attached hydrogens (tertiary/aromatic N) is 5. The van der Waals surface area contributed by atoms with E-state index in [1.54, 1.807) is 18.5 Å². The molecule has 0 radical (unpaired) electrons. The quantitative estimate of drug-likeness (QED) is 0.516. The number of aryl methyl sites for hydroxylation is 1. The maximum atomic E-state index is 5.79. The highest BCUT2D eigenvalue weighted by Gasteiger charge is 2.09. The Morgan fingerprint density at radius 1 is 0.962 bits per heavy atom. The lowest BCUT2D eigenvalue weighted by molar-refractivity contribution is 0.375. The molecule has 0 saturated heterocycles. The van der Waals surface area contributed by atoms with E-state index in [0.717, 1.165) is 30.3 Å². The highest BCUT2D eigenvalue weighted by atomic mass is 16.5. The number of pyridine rings is 1. The molecule has 0 bridgehead atoms. The molecule has 0 saturated carbocycles. The average Bonchev–Trinajstić information content (AvgIpc) is 3.16. The normalized spacial score (nSPS) is 11.0. The van der Waals surface area contributed by atoms with Gasteiger partial charge in [0.25, 0.3) is 0 Å². The third kappa shape index (κ3) is 3.51. The van der Waals surface area contributed by atoms with E-state index >= 15 is 0 Å². The minimum Gasteiger partial charge on any atom is -0.439 e. The molecule has 4 aromatic rings. The Balaban J connectivity index is 1.49. The molecule has 0 aliphatic carbocycles. The first kappa shape index (κ1) is 16.1. The number of fused-ring (bicyclic) bond motifs is 1. The van der Waals surface area contributed by atoms with E-state index in [1.165, 1.54) is 0 Å². The van der Waals surface area contributed by atoms with Gasteiger partial charge in [-0.25, -0.2) is 4.98 Å². The molecule has 0 atom stereocenters. The van der Waals surface area contributed by atoms with E-state index in [-0.39, 0.29) is 0 Å². The number of rotatable bonds is 6. The molecular weight excluding hydrogens is 330 g/mol. The number of unbranched alkanes of at least 4 members (excludes halogenated alkanes) is 1. The summed E-state index contributed by atoms with van der Waals surface area (Å²) in [4.78, 5) is 17.1. The molecule has 0 spiro atoms. The second-order valence-electron chi connectivity index (χ2n) is 5.79. The lowest BCUT2D eigenvalue weighted by atomic mass is 10.2. The van der Waals surface area contributed by atoms with Crippen LogP contribution in [0, 0.1) is 0 Å². The summed E-state index contributed by atoms with van der Waals surface area (Å²) < 4.78 is 11.1. The predicted octanol–water partition coefficient (Wildman–Crippen LogP) is 4.21. The molecule has 26 heavy (non-hydrogen) atoms. The summed E-state index contributed by atoms with van der Waals surface area (Å²) in [5, 5.41) is 4.03. The van der Waals surface area contributed by atoms with Crippen molar-refractivity contribution in [2.75, 3.05) is 0 Å². The van der Waals surface area contributed by atoms with Crippen LogP contribution in [0.3, 0.4) is 0 Å². The third-order valence-corrected chi connectivity index (χ3v) is 3.85. The van der Waals surface area contributed by atoms with Crippen molar-refractivity contribution >= 4 is 11.2 Å². The summed E-state index contributed by atoms with van der Waals surface area (Å²) in [6.07, 6.45) is 6.18. The van der Waals surface area contributed by atoms with E-state index in [0.29, 0.717) is 29.0 Å². The molecule has 0 aliphatic rings. The van der Waals surface area contributed by atoms with Gasteiger partial charge >= 0.3 is 0 Å². The minimum atomic E-state index is 0.465. The Labute approximate surface area is 150 Å². The van der Waals surface area contributed by atoms with Crippen LogP contribution in [0.1, 0.15) is 25.7 Å². The van der Waals surface area contributed by atoms with E-state index < -0.39 is 0 Å². The predicted molar refractivity (Wildman–Crippen MR) is 95.8 cm³/mol. The van der Waals surface area contributed by atoms with E-state index in [4.69, 9.17) is 9.26 Å². The van der Waals surface area contributed by atoms with Crippen molar-refractivity contribution in [3.05, 3.63) is 54.7 Å². The standard InChI is InChI=1S/C19H17N5O2/c1-2-3-4-17-23-18(24-26-17)13-5-7-14(8-6-13)25-16-10-9-15-19(22-16)21-12-11-20-15/h5-12H,2-4H2,1H3. The van der Waals surface area contributed by atoms with Gasteiger partial charge in [-0.05, 0) is 36.8 Å². The first-order valence-corrected chi connectivity index (χ1v) is 8.50. The molecule has 3 aromatic heterocycles. The zero-order valence-corrected chi connectivity index (χ0v) is 14.3. The first-order chi connectivity index (χ1) is 12.8. The highest BCUT2D eigenvalue weighted by Crippen LogP contribution is 2.24. The Morgan fingerprint density at radius 2 is 1.81 bits per heavy atom. The van der Waals surface area contributed by atoms with Gasteiger partial charge in [-0.15, -0.1) is 0 Å². The van der Waals surface area contributed by atoms with Crippen LogP contribution in [0.15, 0.2) is 53.3 Å². The molecular formula is C19H17N5O2. The summed E-state index contributed by atoms with van der Waals surface area (Å²) in [5.41, 5.74) is 2.15. The van der Waals surface area contributed by atoms with Gasteiger partial charge < -0.3 is 9.26 Å². The molecule has 0 N–H and O–H groups in total. The van der Waals surface area contributed by atoms with E-state index in [9.17, 15) is 0 Å². The summed E-state index contributed by atoms with van der Waals surface area (Å²) in [6.45, 7) is 2.13. The smallest absolute Gasteiger partial charge is 0.226 e. The molecule has 3 heterocycles. The van der Waals surface area contributed by atoms with Crippen LogP contribution in [-0.4, -0.2) is 25.1 Å². The Hall–Kier alpha value is -3.35. The molecule has 130 valence electrons. The lowest BCUT2D eigenvalue weighted by Gasteiger charge is -2.05. The first-order valence-electron chi connectivity index (χ1n) is 8.50. The molecule has 1 aromatic carbocycles. The molecule has 0 fully saturated rings. The number of hydrogen-bond donors (Lipinski definition) is 0. The van der Waals surface area contributed by atoms with Crippen molar-refractivity contribution in [2.24, 2.45) is 0 Å². The van der Waals surface area contributed by atoms with Gasteiger partial charge in [0.05, 0.1) is 0 Å². The van der Waals surface area contributed by atoms with Gasteiger partial charge in [0.15, 0.2) is 5.65 Å². The van der Waals surface area contributed by atoms with E-state index in [1.807, 2.05) is 30.3 Å². The summed E-state index contributed by atoms with van der Waals surface area (Å²) >= 11 is 0. The van der Waals surface area contributed by atoms with Gasteiger partial charge in [0.2, 0.25) is 17.6 Å². The minimum absolute atomic E-state index is 0.465. The SMILES string of the molecule is CCCCc1nc(-c2ccc(Oc3ccc4nccnc4n3)cc2)no1. The van der Waals surface area contributed by atoms with Crippen molar-refractivity contribution in [2.45, 2.75) is 26.2 Å². The van der Waals surface area contributed by atoms with Crippen LogP contribution in [0.25, 0.3) is 22.6 Å². The van der Waals surface area contributed by atoms with Gasteiger partial charge in [-0.3, -0.25) is 4.98 Å². The largest absolute Gasteiger partial charge is 0.439 e. The fourth-order valence-corrected chi connectivity index (χ4v) is 2.49. The van der Waals surface area contributed by atoms with Crippen molar-refractivity contribution in [3.63, 3.8) is 0 Å². The van der Waals surface area contributed by atoms with Crippen LogP contribution in [-0.2, 0) is 6.42 Å². The van der Waals surface area contributed by atoms with Gasteiger partial charge in [-0.1, -0.05) is 18.5 Å². The highest BCUT2D eigenvalue weighted by molar-refractivity contribution is 5.69. The van der Waals surface area contributed by atoms with Crippen LogP contribution in [0.4, 0.5) is 0 Å². The number of ether oxygens (including phenoxy) is 1. The van der Waals surface area contributed by atoms with Crippen molar-refractivity contribution in [1.29, 1.82) is 0 Å². The maximum absolute atomic E-state index is 5.79. The van der Waals surface area contributed by atoms with Crippen molar-refractivity contribution in [1.82, 2.24) is 25.1 Å². The zero-order chi connectivity index (χ0) is 17.8. The van der Waals surface area contributed by atoms with Crippen LogP contribution < -0.4 is 4.74 Å². The Morgan fingerprint density at radius 3 is 2.65 bits per heavy atom. The fraction of sp³-hybridized carbons (Fsp3) is 0.211. The Kier molecular flexibility index (Phi) is 4.51. The van der Waals surface area contributed by atoms with Crippen LogP contribution in [0.5, 0.6) is 11.6 Å². The number of hydrogen-bond acceptors (Lipinski definition) is 7. The molecule has 0 amide bonds. The van der Waals surface area contributed by atoms with Gasteiger partial charge in [-0.2, -0.15) is 9.97 Å². The van der Waals surface area contributed by atoms with Crippen LogP contribution in [0.2, 0.25) is 0 Å². The van der Waals surface area contributed by atoms with Gasteiger partial charge in [0.1, 0.15) is 11.3 Å². The fourth-order valence-electron chi connectivity index (χ4n) is 2.49.